The molecule has 0 unspecified atom stereocenters. The highest BCUT2D eigenvalue weighted by Gasteiger charge is 2.11. The molecule has 0 radical (unpaired) electrons. The molecule has 3 heterocycles. The molecule has 0 bridgehead atoms. The normalized spacial score (nSPS) is 11.3. The third-order valence-corrected chi connectivity index (χ3v) is 4.98. The summed E-state index contributed by atoms with van der Waals surface area (Å²) >= 11 is 0. The van der Waals surface area contributed by atoms with Crippen molar-refractivity contribution < 1.29 is 0 Å². The predicted molar refractivity (Wildman–Crippen MR) is 115 cm³/mol. The first-order chi connectivity index (χ1) is 13.7. The summed E-state index contributed by atoms with van der Waals surface area (Å²) in [5, 5.41) is 8.02. The van der Waals surface area contributed by atoms with Crippen LogP contribution in [0.25, 0.3) is 27.9 Å². The smallest absolute Gasteiger partial charge is 0.151 e. The van der Waals surface area contributed by atoms with Gasteiger partial charge in [-0.2, -0.15) is 9.61 Å². The zero-order chi connectivity index (χ0) is 19.1. The first-order valence-electron chi connectivity index (χ1n) is 9.24. The Kier molecular flexibility index (Phi) is 3.86. The number of imidazole rings is 1. The van der Waals surface area contributed by atoms with E-state index in [4.69, 9.17) is 4.98 Å². The summed E-state index contributed by atoms with van der Waals surface area (Å²) < 4.78 is 3.89. The monoisotopic (exact) mass is 366 g/mol. The molecule has 5 aromatic rings. The lowest BCUT2D eigenvalue weighted by Gasteiger charge is -2.11. The van der Waals surface area contributed by atoms with Crippen molar-refractivity contribution in [2.24, 2.45) is 7.05 Å². The molecular weight excluding hydrogens is 347 g/mol. The second-order valence-corrected chi connectivity index (χ2v) is 6.99. The Bertz CT molecular complexity index is 1290. The number of hydrogen-bond acceptors (Lipinski definition) is 4. The molecule has 7 heteroatoms. The summed E-state index contributed by atoms with van der Waals surface area (Å²) in [5.41, 5.74) is 7.23. The van der Waals surface area contributed by atoms with Crippen LogP contribution in [0.3, 0.4) is 0 Å². The fraction of sp³-hybridized carbons (Fsp3) is 0.0952. The highest BCUT2D eigenvalue weighted by atomic mass is 15.3. The number of rotatable bonds is 4. The Morgan fingerprint density at radius 3 is 2.79 bits per heavy atom. The summed E-state index contributed by atoms with van der Waals surface area (Å²) in [6, 6.07) is 18.6. The highest BCUT2D eigenvalue weighted by Crippen LogP contribution is 2.22. The average molecular weight is 366 g/mol. The summed E-state index contributed by atoms with van der Waals surface area (Å²) in [6.45, 7) is 0.679. The van der Waals surface area contributed by atoms with E-state index in [1.165, 1.54) is 5.56 Å². The van der Waals surface area contributed by atoms with E-state index in [9.17, 15) is 0 Å². The SMILES string of the molecule is Bc1cnn2c(NCc3ccc4c(c3)ncn4C)cc(-c3ccccc3)nc12. The molecule has 2 aromatic carbocycles. The fourth-order valence-electron chi connectivity index (χ4n) is 3.44. The van der Waals surface area contributed by atoms with Gasteiger partial charge in [-0.3, -0.25) is 0 Å². The zero-order valence-corrected chi connectivity index (χ0v) is 15.8. The van der Waals surface area contributed by atoms with Crippen molar-refractivity contribution in [1.29, 1.82) is 0 Å². The van der Waals surface area contributed by atoms with Gasteiger partial charge in [0.25, 0.3) is 0 Å². The van der Waals surface area contributed by atoms with E-state index in [2.05, 4.69) is 45.7 Å². The topological polar surface area (TPSA) is 60.0 Å². The third-order valence-electron chi connectivity index (χ3n) is 4.98. The van der Waals surface area contributed by atoms with E-state index in [1.54, 1.807) is 0 Å². The number of aryl methyl sites for hydroxylation is 1. The molecule has 0 saturated carbocycles. The molecule has 0 fully saturated rings. The average Bonchev–Trinajstić information content (AvgIpc) is 3.29. The molecule has 0 aliphatic heterocycles. The molecular formula is C21H19BN6. The number of benzene rings is 2. The second-order valence-electron chi connectivity index (χ2n) is 6.99. The molecule has 0 amide bonds. The van der Waals surface area contributed by atoms with E-state index in [1.807, 2.05) is 60.8 Å². The van der Waals surface area contributed by atoms with Gasteiger partial charge in [0, 0.05) is 31.4 Å². The van der Waals surface area contributed by atoms with Gasteiger partial charge in [0.2, 0.25) is 0 Å². The lowest BCUT2D eigenvalue weighted by atomic mass is 10.0. The van der Waals surface area contributed by atoms with Crippen LogP contribution in [-0.4, -0.2) is 32.0 Å². The van der Waals surface area contributed by atoms with Gasteiger partial charge in [-0.15, -0.1) is 0 Å². The molecule has 0 aliphatic rings. The first kappa shape index (κ1) is 16.6. The lowest BCUT2D eigenvalue weighted by Crippen LogP contribution is -2.09. The molecule has 6 nitrogen and oxygen atoms in total. The summed E-state index contributed by atoms with van der Waals surface area (Å²) in [5.74, 6) is 0.915. The van der Waals surface area contributed by atoms with Gasteiger partial charge in [0.1, 0.15) is 13.7 Å². The number of anilines is 1. The Morgan fingerprint density at radius 1 is 1.07 bits per heavy atom. The number of aromatic nitrogens is 5. The van der Waals surface area contributed by atoms with Crippen LogP contribution in [-0.2, 0) is 13.6 Å². The molecule has 0 atom stereocenters. The largest absolute Gasteiger partial charge is 0.366 e. The van der Waals surface area contributed by atoms with Crippen molar-refractivity contribution in [2.75, 3.05) is 5.32 Å². The maximum atomic E-state index is 4.81. The fourth-order valence-corrected chi connectivity index (χ4v) is 3.44. The maximum absolute atomic E-state index is 4.81. The zero-order valence-electron chi connectivity index (χ0n) is 15.8. The highest BCUT2D eigenvalue weighted by molar-refractivity contribution is 6.36. The minimum absolute atomic E-state index is 0.679. The molecule has 28 heavy (non-hydrogen) atoms. The van der Waals surface area contributed by atoms with Crippen LogP contribution in [0.5, 0.6) is 0 Å². The molecule has 0 saturated heterocycles. The van der Waals surface area contributed by atoms with E-state index < -0.39 is 0 Å². The summed E-state index contributed by atoms with van der Waals surface area (Å²) in [7, 11) is 4.04. The van der Waals surface area contributed by atoms with Crippen LogP contribution < -0.4 is 10.8 Å². The quantitative estimate of drug-likeness (QED) is 0.495. The molecule has 136 valence electrons. The number of nitrogens with one attached hydrogen (secondary N) is 1. The van der Waals surface area contributed by atoms with E-state index in [0.29, 0.717) is 6.54 Å². The summed E-state index contributed by atoms with van der Waals surface area (Å²) in [4.78, 5) is 9.26. The lowest BCUT2D eigenvalue weighted by molar-refractivity contribution is 0.927. The predicted octanol–water partition coefficient (Wildman–Crippen LogP) is 2.15. The van der Waals surface area contributed by atoms with Crippen molar-refractivity contribution >= 4 is 35.8 Å². The van der Waals surface area contributed by atoms with E-state index >= 15 is 0 Å². The van der Waals surface area contributed by atoms with Gasteiger partial charge >= 0.3 is 0 Å². The number of nitrogens with zero attached hydrogens (tertiary/aromatic N) is 5. The van der Waals surface area contributed by atoms with Crippen molar-refractivity contribution in [3.8, 4) is 11.3 Å². The van der Waals surface area contributed by atoms with Crippen molar-refractivity contribution in [2.45, 2.75) is 6.54 Å². The maximum Gasteiger partial charge on any atom is 0.151 e. The van der Waals surface area contributed by atoms with Crippen molar-refractivity contribution in [1.82, 2.24) is 24.1 Å². The Morgan fingerprint density at radius 2 is 1.93 bits per heavy atom. The van der Waals surface area contributed by atoms with Gasteiger partial charge in [0.15, 0.2) is 5.65 Å². The molecule has 0 spiro atoms. The van der Waals surface area contributed by atoms with Crippen LogP contribution in [0, 0.1) is 0 Å². The van der Waals surface area contributed by atoms with E-state index in [-0.39, 0.29) is 0 Å². The number of fused-ring (bicyclic) bond motifs is 2. The summed E-state index contributed by atoms with van der Waals surface area (Å²) in [6.07, 6.45) is 3.69. The van der Waals surface area contributed by atoms with Gasteiger partial charge < -0.3 is 9.88 Å². The standard InChI is InChI=1S/C21H19BN6/c1-27-13-24-18-9-14(7-8-19(18)27)11-23-20-10-17(15-5-3-2-4-6-15)26-21-16(22)12-25-28(20)21/h2-10,12-13,23H,11,22H2,1H3. The van der Waals surface area contributed by atoms with Gasteiger partial charge in [-0.25, -0.2) is 9.97 Å². The van der Waals surface area contributed by atoms with Crippen LogP contribution in [0.1, 0.15) is 5.56 Å². The molecule has 3 aromatic heterocycles. The van der Waals surface area contributed by atoms with Crippen LogP contribution in [0.4, 0.5) is 5.82 Å². The van der Waals surface area contributed by atoms with E-state index in [0.717, 1.165) is 39.2 Å². The van der Waals surface area contributed by atoms with Crippen LogP contribution >= 0.6 is 0 Å². The molecule has 0 aliphatic carbocycles. The number of hydrogen-bond donors (Lipinski definition) is 1. The van der Waals surface area contributed by atoms with Gasteiger partial charge in [0.05, 0.1) is 23.1 Å². The Hall–Kier alpha value is -3.61. The van der Waals surface area contributed by atoms with Gasteiger partial charge in [-0.1, -0.05) is 36.4 Å². The van der Waals surface area contributed by atoms with Crippen LogP contribution in [0.2, 0.25) is 0 Å². The minimum atomic E-state index is 0.679. The van der Waals surface area contributed by atoms with Gasteiger partial charge in [-0.05, 0) is 23.2 Å². The molecule has 5 rings (SSSR count). The first-order valence-corrected chi connectivity index (χ1v) is 9.24. The van der Waals surface area contributed by atoms with Crippen molar-refractivity contribution in [3.05, 3.63) is 72.7 Å². The third kappa shape index (κ3) is 2.81. The second kappa shape index (κ2) is 6.53. The Labute approximate surface area is 163 Å². The van der Waals surface area contributed by atoms with Crippen LogP contribution in [0.15, 0.2) is 67.1 Å². The Balaban J connectivity index is 1.52. The molecule has 1 N–H and O–H groups in total. The minimum Gasteiger partial charge on any atom is -0.366 e. The van der Waals surface area contributed by atoms with Crippen molar-refractivity contribution in [3.63, 3.8) is 0 Å².